The molecule has 4 N–H and O–H groups in total. The van der Waals surface area contributed by atoms with Crippen molar-refractivity contribution >= 4 is 35.6 Å². The molecule has 1 aromatic heterocycles. The van der Waals surface area contributed by atoms with Gasteiger partial charge in [0, 0.05) is 18.8 Å². The molecule has 0 saturated carbocycles. The van der Waals surface area contributed by atoms with Gasteiger partial charge in [-0.05, 0) is 66.5 Å². The van der Waals surface area contributed by atoms with Gasteiger partial charge in [-0.3, -0.25) is 14.4 Å². The molecule has 0 radical (unpaired) electrons. The van der Waals surface area contributed by atoms with E-state index in [9.17, 15) is 24.0 Å². The molecule has 302 valence electrons. The van der Waals surface area contributed by atoms with E-state index in [0.717, 1.165) is 35.2 Å². The first-order valence-corrected chi connectivity index (χ1v) is 19.4. The molecule has 1 aliphatic rings. The standard InChI is InChI=1S/C43H53N7O7/c1-7-13-35(49(8-2)40(52)36(27(3)4)47-42(54)56-5)39(51)45-32-23-21-29(22-24-32)28-17-19-30(20-18-28)33-26-44-38(46-33)34-16-12-25-50(34)41(53)37(48-43(55)57-6)31-14-10-9-11-15-31/h9-11,14-15,17-24,26-27,34-37H,7-8,12-13,16,25H2,1-6H3,(H,44,46)(H,45,51)(H,47,54)(H,48,55)/t34-,35-,36-,37+/m0/s1. The minimum absolute atomic E-state index is 0.215. The summed E-state index contributed by atoms with van der Waals surface area (Å²) in [4.78, 5) is 76.6. The lowest BCUT2D eigenvalue weighted by atomic mass is 10.0. The first-order valence-electron chi connectivity index (χ1n) is 19.4. The Hall–Kier alpha value is -6.18. The van der Waals surface area contributed by atoms with Crippen molar-refractivity contribution in [3.05, 3.63) is 96.4 Å². The normalized spacial score (nSPS) is 15.3. The Labute approximate surface area is 333 Å². The topological polar surface area (TPSA) is 175 Å². The number of nitrogens with zero attached hydrogens (tertiary/aromatic N) is 3. The fourth-order valence-electron chi connectivity index (χ4n) is 7.17. The van der Waals surface area contributed by atoms with Gasteiger partial charge in [-0.1, -0.05) is 93.9 Å². The lowest BCUT2D eigenvalue weighted by Crippen LogP contribution is -2.56. The largest absolute Gasteiger partial charge is 0.453 e. The van der Waals surface area contributed by atoms with Crippen molar-refractivity contribution in [2.75, 3.05) is 32.6 Å². The van der Waals surface area contributed by atoms with E-state index in [4.69, 9.17) is 9.47 Å². The van der Waals surface area contributed by atoms with Crippen molar-refractivity contribution < 1.29 is 33.4 Å². The zero-order valence-electron chi connectivity index (χ0n) is 33.4. The Morgan fingerprint density at radius 1 is 0.860 bits per heavy atom. The van der Waals surface area contributed by atoms with Gasteiger partial charge in [0.15, 0.2) is 0 Å². The number of anilines is 1. The number of alkyl carbamates (subject to hydrolysis) is 2. The molecule has 1 saturated heterocycles. The zero-order chi connectivity index (χ0) is 41.1. The molecule has 3 aromatic carbocycles. The molecule has 57 heavy (non-hydrogen) atoms. The highest BCUT2D eigenvalue weighted by Gasteiger charge is 2.37. The van der Waals surface area contributed by atoms with Crippen molar-refractivity contribution in [2.24, 2.45) is 5.92 Å². The fraction of sp³-hybridized carbons (Fsp3) is 0.395. The summed E-state index contributed by atoms with van der Waals surface area (Å²) in [6.45, 7) is 8.26. The molecule has 0 unspecified atom stereocenters. The number of likely N-dealkylation sites (N-methyl/N-ethyl adjacent to an activating group) is 1. The lowest BCUT2D eigenvalue weighted by molar-refractivity contribution is -0.141. The number of aromatic amines is 1. The average Bonchev–Trinajstić information content (AvgIpc) is 3.93. The van der Waals surface area contributed by atoms with Gasteiger partial charge in [0.05, 0.1) is 32.2 Å². The van der Waals surface area contributed by atoms with E-state index < -0.39 is 30.3 Å². The predicted molar refractivity (Wildman–Crippen MR) is 217 cm³/mol. The predicted octanol–water partition coefficient (Wildman–Crippen LogP) is 6.84. The third-order valence-electron chi connectivity index (χ3n) is 10.2. The number of amides is 5. The SMILES string of the molecule is CCC[C@@H](C(=O)Nc1ccc(-c2ccc(-c3cnc([C@@H]4CCCN4C(=O)[C@H](NC(=O)OC)c4ccccc4)[nH]3)cc2)cc1)N(CC)C(=O)[C@@H](NC(=O)OC)C(C)C. The number of H-pyrrole nitrogens is 1. The van der Waals surface area contributed by atoms with Crippen LogP contribution in [0.25, 0.3) is 22.4 Å². The van der Waals surface area contributed by atoms with Gasteiger partial charge in [0.1, 0.15) is 23.9 Å². The quantitative estimate of drug-likeness (QED) is 0.101. The molecular weight excluding hydrogens is 727 g/mol. The highest BCUT2D eigenvalue weighted by Crippen LogP contribution is 2.34. The van der Waals surface area contributed by atoms with E-state index in [0.29, 0.717) is 43.0 Å². The van der Waals surface area contributed by atoms with Crippen molar-refractivity contribution in [3.8, 4) is 22.4 Å². The molecule has 14 nitrogen and oxygen atoms in total. The fourth-order valence-corrected chi connectivity index (χ4v) is 7.17. The molecule has 2 heterocycles. The summed E-state index contributed by atoms with van der Waals surface area (Å²) < 4.78 is 9.54. The van der Waals surface area contributed by atoms with E-state index in [1.54, 1.807) is 23.2 Å². The van der Waals surface area contributed by atoms with Crippen LogP contribution in [-0.4, -0.2) is 89.1 Å². The number of methoxy groups -OCH3 is 2. The van der Waals surface area contributed by atoms with Crippen LogP contribution in [0, 0.1) is 5.92 Å². The van der Waals surface area contributed by atoms with Crippen LogP contribution in [-0.2, 0) is 23.9 Å². The Kier molecular flexibility index (Phi) is 14.4. The zero-order valence-corrected chi connectivity index (χ0v) is 33.4. The van der Waals surface area contributed by atoms with E-state index >= 15 is 0 Å². The van der Waals surface area contributed by atoms with E-state index in [-0.39, 0.29) is 29.7 Å². The Bertz CT molecular complexity index is 1980. The van der Waals surface area contributed by atoms with Crippen molar-refractivity contribution in [2.45, 2.75) is 77.5 Å². The molecule has 0 bridgehead atoms. The van der Waals surface area contributed by atoms with Crippen LogP contribution >= 0.6 is 0 Å². The first kappa shape index (κ1) is 42.0. The van der Waals surface area contributed by atoms with Crippen LogP contribution in [0.15, 0.2) is 85.1 Å². The summed E-state index contributed by atoms with van der Waals surface area (Å²) >= 11 is 0. The Morgan fingerprint density at radius 3 is 2.07 bits per heavy atom. The van der Waals surface area contributed by atoms with E-state index in [1.165, 1.54) is 19.1 Å². The monoisotopic (exact) mass is 779 g/mol. The number of hydrogen-bond donors (Lipinski definition) is 4. The number of ether oxygens (including phenoxy) is 2. The molecule has 5 rings (SSSR count). The van der Waals surface area contributed by atoms with E-state index in [2.05, 4.69) is 25.9 Å². The minimum atomic E-state index is -0.896. The number of carbonyl (C=O) groups is 5. The number of benzene rings is 3. The van der Waals surface area contributed by atoms with Crippen LogP contribution in [0.5, 0.6) is 0 Å². The smallest absolute Gasteiger partial charge is 0.407 e. The summed E-state index contributed by atoms with van der Waals surface area (Å²) in [7, 11) is 2.51. The minimum Gasteiger partial charge on any atom is -0.453 e. The lowest BCUT2D eigenvalue weighted by Gasteiger charge is -2.34. The summed E-state index contributed by atoms with van der Waals surface area (Å²) in [6.07, 6.45) is 3.04. The summed E-state index contributed by atoms with van der Waals surface area (Å²) in [5.41, 5.74) is 4.91. The number of carbonyl (C=O) groups excluding carboxylic acids is 5. The molecule has 1 fully saturated rings. The van der Waals surface area contributed by atoms with E-state index in [1.807, 2.05) is 94.4 Å². The molecule has 4 aromatic rings. The molecule has 4 atom stereocenters. The highest BCUT2D eigenvalue weighted by atomic mass is 16.5. The van der Waals surface area contributed by atoms with Gasteiger partial charge < -0.3 is 40.2 Å². The number of aromatic nitrogens is 2. The van der Waals surface area contributed by atoms with Gasteiger partial charge in [-0.25, -0.2) is 14.6 Å². The summed E-state index contributed by atoms with van der Waals surface area (Å²) in [5, 5.41) is 8.29. The van der Waals surface area contributed by atoms with Crippen LogP contribution in [0.2, 0.25) is 0 Å². The van der Waals surface area contributed by atoms with Crippen LogP contribution in [0.1, 0.15) is 76.8 Å². The molecule has 0 aliphatic carbocycles. The Morgan fingerprint density at radius 2 is 1.47 bits per heavy atom. The second-order valence-corrected chi connectivity index (χ2v) is 14.3. The second-order valence-electron chi connectivity index (χ2n) is 14.3. The maximum absolute atomic E-state index is 13.9. The molecule has 5 amide bonds. The number of likely N-dealkylation sites (tertiary alicyclic amines) is 1. The van der Waals surface area contributed by atoms with Gasteiger partial charge >= 0.3 is 12.2 Å². The number of nitrogens with one attached hydrogen (secondary N) is 4. The summed E-state index contributed by atoms with van der Waals surface area (Å²) in [5.74, 6) is -0.414. The number of imidazole rings is 1. The average molecular weight is 780 g/mol. The Balaban J connectivity index is 1.25. The van der Waals surface area contributed by atoms with Gasteiger partial charge in [-0.2, -0.15) is 0 Å². The number of hydrogen-bond acceptors (Lipinski definition) is 8. The van der Waals surface area contributed by atoms with Crippen molar-refractivity contribution in [1.29, 1.82) is 0 Å². The van der Waals surface area contributed by atoms with Crippen LogP contribution < -0.4 is 16.0 Å². The maximum atomic E-state index is 13.9. The third kappa shape index (κ3) is 10.2. The molecule has 14 heteroatoms. The summed E-state index contributed by atoms with van der Waals surface area (Å²) in [6, 6.07) is 21.9. The van der Waals surface area contributed by atoms with Gasteiger partial charge in [0.2, 0.25) is 11.8 Å². The second kappa shape index (κ2) is 19.6. The van der Waals surface area contributed by atoms with Crippen molar-refractivity contribution in [3.63, 3.8) is 0 Å². The molecule has 1 aliphatic heterocycles. The highest BCUT2D eigenvalue weighted by molar-refractivity contribution is 5.98. The first-order chi connectivity index (χ1) is 27.5. The maximum Gasteiger partial charge on any atom is 0.407 e. The molecular formula is C43H53N7O7. The van der Waals surface area contributed by atoms with Gasteiger partial charge in [0.25, 0.3) is 5.91 Å². The van der Waals surface area contributed by atoms with Crippen LogP contribution in [0.3, 0.4) is 0 Å². The van der Waals surface area contributed by atoms with Gasteiger partial charge in [-0.15, -0.1) is 0 Å². The third-order valence-corrected chi connectivity index (χ3v) is 10.2. The molecule has 0 spiro atoms. The number of rotatable bonds is 15. The van der Waals surface area contributed by atoms with Crippen LogP contribution in [0.4, 0.5) is 15.3 Å². The van der Waals surface area contributed by atoms with Crippen molar-refractivity contribution in [1.82, 2.24) is 30.4 Å².